The molecule has 0 N–H and O–H groups in total. The largest absolute Gasteiger partial charge is 0.471 e. The number of amides is 1. The van der Waals surface area contributed by atoms with Crippen LogP contribution in [0, 0.1) is 5.92 Å². The molecule has 0 saturated carbocycles. The summed E-state index contributed by atoms with van der Waals surface area (Å²) in [6, 6.07) is 5.45. The number of carbonyl (C=O) groups excluding carboxylic acids is 1. The van der Waals surface area contributed by atoms with Gasteiger partial charge in [-0.05, 0) is 49.6 Å². The van der Waals surface area contributed by atoms with Crippen LogP contribution in [0.5, 0.6) is 5.88 Å². The van der Waals surface area contributed by atoms with Gasteiger partial charge in [0.25, 0.3) is 5.91 Å². The summed E-state index contributed by atoms with van der Waals surface area (Å²) in [6.45, 7) is 1.62. The number of piperidine rings is 1. The monoisotopic (exact) mass is 490 g/mol. The number of likely N-dealkylation sites (tertiary alicyclic amines) is 1. The van der Waals surface area contributed by atoms with Crippen LogP contribution in [-0.2, 0) is 22.7 Å². The molecule has 0 aromatic carbocycles. The van der Waals surface area contributed by atoms with Crippen LogP contribution in [0.15, 0.2) is 28.7 Å². The third-order valence-electron chi connectivity index (χ3n) is 5.00. The minimum Gasteiger partial charge on any atom is -0.471 e. The number of halogens is 4. The second-order valence-corrected chi connectivity index (χ2v) is 8.73. The zero-order valence-electron chi connectivity index (χ0n) is 17.3. The maximum atomic E-state index is 12.4. The van der Waals surface area contributed by atoms with Gasteiger partial charge in [-0.25, -0.2) is 0 Å². The zero-order chi connectivity index (χ0) is 23.1. The lowest BCUT2D eigenvalue weighted by atomic mass is 9.92. The highest BCUT2D eigenvalue weighted by atomic mass is 35.5. The third kappa shape index (κ3) is 7.06. The van der Waals surface area contributed by atoms with Crippen molar-refractivity contribution >= 4 is 34.6 Å². The van der Waals surface area contributed by atoms with Crippen LogP contribution in [-0.4, -0.2) is 52.6 Å². The molecule has 0 atom stereocenters. The van der Waals surface area contributed by atoms with Crippen LogP contribution in [0.25, 0.3) is 0 Å². The molecule has 1 fully saturated rings. The molecule has 3 rings (SSSR count). The topological polar surface area (TPSA) is 76.9 Å². The van der Waals surface area contributed by atoms with Crippen LogP contribution in [0.4, 0.5) is 13.2 Å². The molecular weight excluding hydrogens is 469 g/mol. The number of ether oxygens (including phenoxy) is 1. The van der Waals surface area contributed by atoms with Crippen LogP contribution >= 0.6 is 22.9 Å². The normalized spacial score (nSPS) is 15.7. The maximum absolute atomic E-state index is 12.4. The maximum Gasteiger partial charge on any atom is 0.432 e. The van der Waals surface area contributed by atoms with Gasteiger partial charge in [0.1, 0.15) is 6.61 Å². The molecule has 12 heteroatoms. The fraction of sp³-hybridized carbons (Fsp3) is 0.500. The second-order valence-electron chi connectivity index (χ2n) is 7.32. The van der Waals surface area contributed by atoms with Crippen molar-refractivity contribution in [1.29, 1.82) is 0 Å². The van der Waals surface area contributed by atoms with Crippen molar-refractivity contribution in [3.8, 4) is 5.88 Å². The number of hydrogen-bond donors (Lipinski definition) is 0. The SMILES string of the molecule is CC(=NOCC(=O)N1CCC(Cc2ccc(OCc3sccc3Cl)nn2)CC1)C(F)(F)F. The fourth-order valence-corrected chi connectivity index (χ4v) is 4.11. The van der Waals surface area contributed by atoms with Crippen molar-refractivity contribution in [2.45, 2.75) is 39.0 Å². The molecule has 1 aliphatic rings. The highest BCUT2D eigenvalue weighted by Gasteiger charge is 2.33. The smallest absolute Gasteiger partial charge is 0.432 e. The summed E-state index contributed by atoms with van der Waals surface area (Å²) >= 11 is 7.55. The summed E-state index contributed by atoms with van der Waals surface area (Å²) in [6.07, 6.45) is -2.33. The molecule has 0 bridgehead atoms. The Hall–Kier alpha value is -2.40. The van der Waals surface area contributed by atoms with E-state index in [1.807, 2.05) is 17.5 Å². The number of hydrogen-bond acceptors (Lipinski definition) is 7. The molecule has 0 aliphatic carbocycles. The van der Waals surface area contributed by atoms with Crippen molar-refractivity contribution in [1.82, 2.24) is 15.1 Å². The number of carbonyl (C=O) groups is 1. The molecule has 32 heavy (non-hydrogen) atoms. The average Bonchev–Trinajstić information content (AvgIpc) is 3.17. The molecule has 2 aromatic rings. The van der Waals surface area contributed by atoms with Crippen LogP contribution in [0.1, 0.15) is 30.3 Å². The van der Waals surface area contributed by atoms with E-state index in [1.54, 1.807) is 11.0 Å². The van der Waals surface area contributed by atoms with Crippen molar-refractivity contribution < 1.29 is 27.5 Å². The average molecular weight is 491 g/mol. The Morgan fingerprint density at radius 2 is 2.03 bits per heavy atom. The quantitative estimate of drug-likeness (QED) is 0.402. The zero-order valence-corrected chi connectivity index (χ0v) is 18.8. The highest BCUT2D eigenvalue weighted by Crippen LogP contribution is 2.24. The molecule has 0 unspecified atom stereocenters. The molecule has 3 heterocycles. The van der Waals surface area contributed by atoms with Gasteiger partial charge in [-0.3, -0.25) is 4.79 Å². The van der Waals surface area contributed by atoms with Crippen LogP contribution < -0.4 is 4.74 Å². The summed E-state index contributed by atoms with van der Waals surface area (Å²) < 4.78 is 42.7. The van der Waals surface area contributed by atoms with Gasteiger partial charge in [-0.2, -0.15) is 18.3 Å². The first-order valence-corrected chi connectivity index (χ1v) is 11.2. The standard InChI is InChI=1S/C20H22ClF3N4O3S/c1-13(20(22,23)24)27-31-12-19(29)28-7-4-14(5-8-28)10-15-2-3-18(26-25-15)30-11-17-16(21)6-9-32-17/h2-3,6,9,14H,4-5,7-8,10-12H2,1H3. The van der Waals surface area contributed by atoms with Gasteiger partial charge >= 0.3 is 6.18 Å². The van der Waals surface area contributed by atoms with Crippen molar-refractivity contribution in [3.05, 3.63) is 39.2 Å². The van der Waals surface area contributed by atoms with Gasteiger partial charge in [-0.15, -0.1) is 16.4 Å². The lowest BCUT2D eigenvalue weighted by Gasteiger charge is -2.31. The first-order valence-electron chi connectivity index (χ1n) is 9.91. The summed E-state index contributed by atoms with van der Waals surface area (Å²) in [7, 11) is 0. The Bertz CT molecular complexity index is 929. The number of rotatable bonds is 8. The van der Waals surface area contributed by atoms with Gasteiger partial charge in [0.2, 0.25) is 5.88 Å². The van der Waals surface area contributed by atoms with E-state index in [2.05, 4.69) is 20.2 Å². The van der Waals surface area contributed by atoms with E-state index >= 15 is 0 Å². The lowest BCUT2D eigenvalue weighted by molar-refractivity contribution is -0.137. The minimum atomic E-state index is -4.56. The second kappa shape index (κ2) is 11.0. The number of thiophene rings is 1. The Morgan fingerprint density at radius 1 is 1.28 bits per heavy atom. The predicted octanol–water partition coefficient (Wildman–Crippen LogP) is 4.51. The van der Waals surface area contributed by atoms with E-state index in [4.69, 9.17) is 16.3 Å². The van der Waals surface area contributed by atoms with Gasteiger partial charge in [0, 0.05) is 19.2 Å². The van der Waals surface area contributed by atoms with E-state index in [0.717, 1.165) is 36.8 Å². The van der Waals surface area contributed by atoms with Crippen LogP contribution in [0.2, 0.25) is 5.02 Å². The summed E-state index contributed by atoms with van der Waals surface area (Å²) in [4.78, 5) is 19.2. The molecule has 1 aliphatic heterocycles. The van der Waals surface area contributed by atoms with Gasteiger partial charge < -0.3 is 14.5 Å². The highest BCUT2D eigenvalue weighted by molar-refractivity contribution is 7.10. The first kappa shape index (κ1) is 24.2. The Kier molecular flexibility index (Phi) is 8.30. The van der Waals surface area contributed by atoms with Gasteiger partial charge in [0.15, 0.2) is 12.3 Å². The van der Waals surface area contributed by atoms with Crippen LogP contribution in [0.3, 0.4) is 0 Å². The van der Waals surface area contributed by atoms with Crippen molar-refractivity contribution in [2.24, 2.45) is 11.1 Å². The first-order chi connectivity index (χ1) is 15.2. The van der Waals surface area contributed by atoms with Gasteiger partial charge in [0.05, 0.1) is 15.6 Å². The number of alkyl halides is 3. The Labute approximate surface area is 192 Å². The van der Waals surface area contributed by atoms with E-state index < -0.39 is 18.5 Å². The third-order valence-corrected chi connectivity index (χ3v) is 6.36. The molecule has 174 valence electrons. The number of aromatic nitrogens is 2. The van der Waals surface area contributed by atoms with E-state index in [0.29, 0.717) is 36.5 Å². The summed E-state index contributed by atoms with van der Waals surface area (Å²) in [5.41, 5.74) is -0.298. The molecule has 1 amide bonds. The molecule has 1 saturated heterocycles. The van der Waals surface area contributed by atoms with Crippen molar-refractivity contribution in [2.75, 3.05) is 19.7 Å². The summed E-state index contributed by atoms with van der Waals surface area (Å²) in [5.74, 6) is 0.368. The molecule has 0 spiro atoms. The number of oxime groups is 1. The lowest BCUT2D eigenvalue weighted by Crippen LogP contribution is -2.40. The minimum absolute atomic E-state index is 0.330. The fourth-order valence-electron chi connectivity index (χ4n) is 3.11. The van der Waals surface area contributed by atoms with E-state index in [-0.39, 0.29) is 5.91 Å². The Morgan fingerprint density at radius 3 is 2.62 bits per heavy atom. The van der Waals surface area contributed by atoms with Crippen molar-refractivity contribution in [3.63, 3.8) is 0 Å². The van der Waals surface area contributed by atoms with Gasteiger partial charge in [-0.1, -0.05) is 16.8 Å². The van der Waals surface area contributed by atoms with E-state index in [9.17, 15) is 18.0 Å². The Balaban J connectivity index is 1.39. The molecule has 0 radical (unpaired) electrons. The van der Waals surface area contributed by atoms with E-state index in [1.165, 1.54) is 11.3 Å². The summed E-state index contributed by atoms with van der Waals surface area (Å²) in [5, 5.41) is 13.8. The predicted molar refractivity (Wildman–Crippen MR) is 114 cm³/mol. The molecular formula is C20H22ClF3N4O3S. The number of nitrogens with zero attached hydrogens (tertiary/aromatic N) is 4. The molecule has 2 aromatic heterocycles. The molecule has 7 nitrogen and oxygen atoms in total.